The summed E-state index contributed by atoms with van der Waals surface area (Å²) >= 11 is 5.87. The van der Waals surface area contributed by atoms with Crippen molar-refractivity contribution in [1.82, 2.24) is 0 Å². The molecule has 30 heavy (non-hydrogen) atoms. The van der Waals surface area contributed by atoms with Gasteiger partial charge in [0.1, 0.15) is 11.3 Å². The van der Waals surface area contributed by atoms with Crippen molar-refractivity contribution in [2.24, 2.45) is 5.73 Å². The minimum absolute atomic E-state index is 0.130. The monoisotopic (exact) mass is 431 g/mol. The number of aryl methyl sites for hydroxylation is 2. The second-order valence-electron chi connectivity index (χ2n) is 7.33. The molecule has 1 saturated heterocycles. The molecule has 0 radical (unpaired) electrons. The second-order valence-corrected chi connectivity index (χ2v) is 7.76. The molecule has 0 amide bonds. The van der Waals surface area contributed by atoms with Crippen LogP contribution in [0.5, 0.6) is 0 Å². The molecule has 158 valence electrons. The quantitative estimate of drug-likeness (QED) is 0.300. The SMILES string of the molecule is C[C@@](N)(CCc1ccc(C#CCCCc2ccc(Cl)cc2)o1)C1(O)OC(=O)C(=O)O1. The first kappa shape index (κ1) is 21.9. The first-order chi connectivity index (χ1) is 14.2. The van der Waals surface area contributed by atoms with Crippen molar-refractivity contribution < 1.29 is 28.6 Å². The number of halogens is 1. The first-order valence-corrected chi connectivity index (χ1v) is 9.86. The van der Waals surface area contributed by atoms with Crippen LogP contribution >= 0.6 is 11.6 Å². The summed E-state index contributed by atoms with van der Waals surface area (Å²) in [6.45, 7) is 1.42. The minimum Gasteiger partial charge on any atom is -0.453 e. The average molecular weight is 432 g/mol. The van der Waals surface area contributed by atoms with Crippen LogP contribution in [-0.4, -0.2) is 28.6 Å². The molecule has 7 nitrogen and oxygen atoms in total. The lowest BCUT2D eigenvalue weighted by Crippen LogP contribution is -2.60. The molecule has 3 N–H and O–H groups in total. The minimum atomic E-state index is -2.50. The number of benzene rings is 1. The molecule has 0 aliphatic carbocycles. The van der Waals surface area contributed by atoms with E-state index in [1.54, 1.807) is 12.1 Å². The number of carbonyl (C=O) groups is 2. The summed E-state index contributed by atoms with van der Waals surface area (Å²) in [7, 11) is 0. The van der Waals surface area contributed by atoms with Crippen LogP contribution in [0.25, 0.3) is 0 Å². The highest BCUT2D eigenvalue weighted by atomic mass is 35.5. The average Bonchev–Trinajstić information content (AvgIpc) is 3.26. The van der Waals surface area contributed by atoms with Gasteiger partial charge in [0.2, 0.25) is 0 Å². The number of unbranched alkanes of at least 4 members (excludes halogenated alkanes) is 1. The summed E-state index contributed by atoms with van der Waals surface area (Å²) in [5, 5.41) is 11.0. The van der Waals surface area contributed by atoms with Gasteiger partial charge in [0.05, 0.1) is 0 Å². The van der Waals surface area contributed by atoms with E-state index in [9.17, 15) is 14.7 Å². The maximum absolute atomic E-state index is 11.2. The molecule has 0 saturated carbocycles. The summed E-state index contributed by atoms with van der Waals surface area (Å²) < 4.78 is 14.8. The van der Waals surface area contributed by atoms with Crippen LogP contribution < -0.4 is 5.73 Å². The Kier molecular flexibility index (Phi) is 6.52. The van der Waals surface area contributed by atoms with Gasteiger partial charge in [0, 0.05) is 17.9 Å². The van der Waals surface area contributed by atoms with Gasteiger partial charge in [0.25, 0.3) is 0 Å². The van der Waals surface area contributed by atoms with Gasteiger partial charge in [-0.3, -0.25) is 0 Å². The maximum atomic E-state index is 11.2. The fourth-order valence-corrected chi connectivity index (χ4v) is 3.02. The molecule has 1 aliphatic rings. The van der Waals surface area contributed by atoms with Crippen molar-refractivity contribution in [3.63, 3.8) is 0 Å². The molecule has 1 aromatic heterocycles. The highest BCUT2D eigenvalue weighted by Crippen LogP contribution is 2.32. The molecule has 2 heterocycles. The molecule has 8 heteroatoms. The predicted molar refractivity (Wildman–Crippen MR) is 108 cm³/mol. The van der Waals surface area contributed by atoms with E-state index in [0.29, 0.717) is 17.9 Å². The van der Waals surface area contributed by atoms with Crippen LogP contribution in [0.4, 0.5) is 0 Å². The van der Waals surface area contributed by atoms with Crippen molar-refractivity contribution in [1.29, 1.82) is 0 Å². The summed E-state index contributed by atoms with van der Waals surface area (Å²) in [5.41, 5.74) is 5.72. The second kappa shape index (κ2) is 8.92. The molecule has 1 aromatic carbocycles. The Hall–Kier alpha value is -2.79. The lowest BCUT2D eigenvalue weighted by atomic mass is 9.93. The molecule has 1 fully saturated rings. The third kappa shape index (κ3) is 5.22. The number of cyclic esters (lactones) is 2. The fourth-order valence-electron chi connectivity index (χ4n) is 2.89. The number of esters is 2. The standard InChI is InChI=1S/C22H22ClNO6/c1-21(24,22(27)29-19(25)20(26)30-22)14-13-18-12-11-17(28-18)6-4-2-3-5-15-7-9-16(23)10-8-15/h7-12,27H,2-3,5,13-14,24H2,1H3/t21-/m1/s1. The molecular weight excluding hydrogens is 410 g/mol. The molecule has 1 aliphatic heterocycles. The summed E-state index contributed by atoms with van der Waals surface area (Å²) in [5.74, 6) is 2.12. The molecular formula is C22H22ClNO6. The van der Waals surface area contributed by atoms with E-state index in [0.717, 1.165) is 24.3 Å². The van der Waals surface area contributed by atoms with E-state index in [4.69, 9.17) is 21.8 Å². The Morgan fingerprint density at radius 1 is 1.10 bits per heavy atom. The van der Waals surface area contributed by atoms with E-state index in [1.807, 2.05) is 24.3 Å². The number of furan rings is 1. The van der Waals surface area contributed by atoms with Crippen molar-refractivity contribution in [3.05, 3.63) is 58.5 Å². The third-order valence-corrected chi connectivity index (χ3v) is 5.05. The van der Waals surface area contributed by atoms with Gasteiger partial charge in [-0.25, -0.2) is 9.59 Å². The molecule has 2 aromatic rings. The normalized spacial score (nSPS) is 16.9. The Labute approximate surface area is 179 Å². The van der Waals surface area contributed by atoms with Crippen LogP contribution in [0.1, 0.15) is 43.3 Å². The summed E-state index contributed by atoms with van der Waals surface area (Å²) in [4.78, 5) is 22.4. The van der Waals surface area contributed by atoms with Crippen LogP contribution in [0.15, 0.2) is 40.8 Å². The third-order valence-electron chi connectivity index (χ3n) is 4.79. The number of nitrogens with two attached hydrogens (primary N) is 1. The zero-order chi connectivity index (χ0) is 21.8. The highest BCUT2D eigenvalue weighted by Gasteiger charge is 2.58. The van der Waals surface area contributed by atoms with E-state index in [-0.39, 0.29) is 6.42 Å². The maximum Gasteiger partial charge on any atom is 0.422 e. The first-order valence-electron chi connectivity index (χ1n) is 9.48. The smallest absolute Gasteiger partial charge is 0.422 e. The molecule has 0 unspecified atom stereocenters. The number of rotatable bonds is 7. The van der Waals surface area contributed by atoms with Gasteiger partial charge in [-0.2, -0.15) is 0 Å². The van der Waals surface area contributed by atoms with Gasteiger partial charge in [0.15, 0.2) is 5.76 Å². The van der Waals surface area contributed by atoms with Gasteiger partial charge in [-0.05, 0) is 61.9 Å². The lowest BCUT2D eigenvalue weighted by Gasteiger charge is -2.34. The Bertz CT molecular complexity index is 967. The van der Waals surface area contributed by atoms with Crippen molar-refractivity contribution in [3.8, 4) is 11.8 Å². The van der Waals surface area contributed by atoms with Gasteiger partial charge in [-0.15, -0.1) is 0 Å². The molecule has 3 rings (SSSR count). The lowest BCUT2D eigenvalue weighted by molar-refractivity contribution is -0.324. The number of hydrogen-bond acceptors (Lipinski definition) is 7. The Morgan fingerprint density at radius 3 is 2.43 bits per heavy atom. The number of ether oxygens (including phenoxy) is 2. The molecule has 1 atom stereocenters. The summed E-state index contributed by atoms with van der Waals surface area (Å²) in [6.07, 6.45) is 3.02. The van der Waals surface area contributed by atoms with Crippen LogP contribution in [-0.2, 0) is 31.9 Å². The Balaban J connectivity index is 1.47. The van der Waals surface area contributed by atoms with E-state index in [1.165, 1.54) is 12.5 Å². The zero-order valence-corrected chi connectivity index (χ0v) is 17.2. The van der Waals surface area contributed by atoms with Gasteiger partial charge < -0.3 is 24.7 Å². The predicted octanol–water partition coefficient (Wildman–Crippen LogP) is 2.70. The Morgan fingerprint density at radius 2 is 1.77 bits per heavy atom. The van der Waals surface area contributed by atoms with E-state index >= 15 is 0 Å². The fraction of sp³-hybridized carbons (Fsp3) is 0.364. The zero-order valence-electron chi connectivity index (χ0n) is 16.4. The van der Waals surface area contributed by atoms with Crippen LogP contribution in [0, 0.1) is 11.8 Å². The number of hydrogen-bond donors (Lipinski definition) is 2. The van der Waals surface area contributed by atoms with Crippen LogP contribution in [0.3, 0.4) is 0 Å². The van der Waals surface area contributed by atoms with Crippen LogP contribution in [0.2, 0.25) is 5.02 Å². The van der Waals surface area contributed by atoms with Crippen molar-refractivity contribution >= 4 is 23.5 Å². The number of carbonyl (C=O) groups excluding carboxylic acids is 2. The number of aliphatic hydroxyl groups is 1. The molecule has 0 spiro atoms. The largest absolute Gasteiger partial charge is 0.453 e. The van der Waals surface area contributed by atoms with E-state index in [2.05, 4.69) is 21.3 Å². The van der Waals surface area contributed by atoms with Crippen molar-refractivity contribution in [2.45, 2.75) is 50.5 Å². The van der Waals surface area contributed by atoms with Gasteiger partial charge in [-0.1, -0.05) is 29.7 Å². The molecule has 0 bridgehead atoms. The topological polar surface area (TPSA) is 112 Å². The van der Waals surface area contributed by atoms with Gasteiger partial charge >= 0.3 is 17.9 Å². The van der Waals surface area contributed by atoms with Crippen molar-refractivity contribution in [2.75, 3.05) is 0 Å². The van der Waals surface area contributed by atoms with E-state index < -0.39 is 23.5 Å². The summed E-state index contributed by atoms with van der Waals surface area (Å²) in [6, 6.07) is 11.3. The highest BCUT2D eigenvalue weighted by molar-refractivity contribution is 6.31.